The van der Waals surface area contributed by atoms with Crippen molar-refractivity contribution in [2.24, 2.45) is 20.4 Å². The second-order valence-electron chi connectivity index (χ2n) is 9.29. The molecule has 2 aromatic carbocycles. The van der Waals surface area contributed by atoms with Crippen LogP contribution in [0.4, 0.5) is 4.39 Å². The number of nitrogens with zero attached hydrogens (tertiary/aromatic N) is 3. The van der Waals surface area contributed by atoms with Gasteiger partial charge in [-0.2, -0.15) is 5.11 Å². The lowest BCUT2D eigenvalue weighted by Crippen LogP contribution is -2.30. The SMILES string of the molecule is NS(=O)(=O)c1c(CC2(F)CCNC2)ccc(-c2ccc(C3CCNCC3)cc2)c1C1=NCN=N1. The van der Waals surface area contributed by atoms with E-state index in [9.17, 15) is 8.42 Å². The Balaban J connectivity index is 1.62. The molecule has 3 aliphatic heterocycles. The first-order chi connectivity index (χ1) is 16.3. The molecule has 0 aromatic heterocycles. The number of primary sulfonamides is 1. The van der Waals surface area contributed by atoms with E-state index in [4.69, 9.17) is 5.14 Å². The van der Waals surface area contributed by atoms with Crippen LogP contribution in [0.25, 0.3) is 11.1 Å². The zero-order chi connectivity index (χ0) is 23.8. The van der Waals surface area contributed by atoms with Crippen molar-refractivity contribution in [3.63, 3.8) is 0 Å². The second-order valence-corrected chi connectivity index (χ2v) is 10.8. The van der Waals surface area contributed by atoms with E-state index >= 15 is 4.39 Å². The van der Waals surface area contributed by atoms with Gasteiger partial charge in [0.25, 0.3) is 0 Å². The molecule has 0 aliphatic carbocycles. The number of amidine groups is 1. The number of benzene rings is 2. The van der Waals surface area contributed by atoms with Crippen molar-refractivity contribution < 1.29 is 12.8 Å². The van der Waals surface area contributed by atoms with Crippen molar-refractivity contribution in [2.75, 3.05) is 32.8 Å². The van der Waals surface area contributed by atoms with E-state index in [1.54, 1.807) is 6.07 Å². The van der Waals surface area contributed by atoms with Gasteiger partial charge in [0.1, 0.15) is 5.67 Å². The Kier molecular flexibility index (Phi) is 6.32. The Morgan fingerprint density at radius 3 is 2.44 bits per heavy atom. The fraction of sp³-hybridized carbons (Fsp3) is 0.458. The maximum Gasteiger partial charge on any atom is 0.239 e. The summed E-state index contributed by atoms with van der Waals surface area (Å²) in [5, 5.41) is 20.1. The molecule has 4 N–H and O–H groups in total. The van der Waals surface area contributed by atoms with Crippen molar-refractivity contribution in [1.82, 2.24) is 10.6 Å². The van der Waals surface area contributed by atoms with Gasteiger partial charge in [-0.05, 0) is 67.1 Å². The number of sulfonamides is 1. The molecule has 0 amide bonds. The Morgan fingerprint density at radius 2 is 1.82 bits per heavy atom. The van der Waals surface area contributed by atoms with Gasteiger partial charge in [-0.15, -0.1) is 5.11 Å². The molecule has 34 heavy (non-hydrogen) atoms. The Morgan fingerprint density at radius 1 is 1.06 bits per heavy atom. The highest BCUT2D eigenvalue weighted by Gasteiger charge is 2.37. The van der Waals surface area contributed by atoms with Gasteiger partial charge in [-0.1, -0.05) is 36.4 Å². The molecule has 10 heteroatoms. The first-order valence-corrected chi connectivity index (χ1v) is 13.2. The molecular weight excluding hydrogens is 455 g/mol. The highest BCUT2D eigenvalue weighted by atomic mass is 32.2. The molecule has 0 radical (unpaired) electrons. The van der Waals surface area contributed by atoms with E-state index in [1.165, 1.54) is 5.56 Å². The summed E-state index contributed by atoms with van der Waals surface area (Å²) in [4.78, 5) is 4.18. The smallest absolute Gasteiger partial charge is 0.239 e. The van der Waals surface area contributed by atoms with E-state index < -0.39 is 15.7 Å². The number of hydrogen-bond donors (Lipinski definition) is 3. The van der Waals surface area contributed by atoms with Crippen molar-refractivity contribution in [3.8, 4) is 11.1 Å². The number of halogens is 1. The molecule has 1 unspecified atom stereocenters. The third-order valence-corrected chi connectivity index (χ3v) is 7.96. The lowest BCUT2D eigenvalue weighted by atomic mass is 9.87. The van der Waals surface area contributed by atoms with Crippen LogP contribution in [0, 0.1) is 0 Å². The predicted octanol–water partition coefficient (Wildman–Crippen LogP) is 2.88. The molecule has 180 valence electrons. The number of hydrogen-bond acceptors (Lipinski definition) is 7. The van der Waals surface area contributed by atoms with Gasteiger partial charge in [-0.3, -0.25) is 0 Å². The van der Waals surface area contributed by atoms with E-state index in [0.29, 0.717) is 35.6 Å². The summed E-state index contributed by atoms with van der Waals surface area (Å²) >= 11 is 0. The average Bonchev–Trinajstić information content (AvgIpc) is 3.51. The molecule has 0 saturated carbocycles. The van der Waals surface area contributed by atoms with Gasteiger partial charge in [-0.25, -0.2) is 22.9 Å². The molecule has 2 aromatic rings. The number of nitrogens with one attached hydrogen (secondary N) is 2. The highest BCUT2D eigenvalue weighted by molar-refractivity contribution is 7.89. The Bertz CT molecular complexity index is 1230. The molecule has 0 spiro atoms. The van der Waals surface area contributed by atoms with Crippen LogP contribution in [0.3, 0.4) is 0 Å². The standard InChI is InChI=1S/C24H29FN6O2S/c25-24(9-12-28-14-24)13-19-5-6-20(21(22(19)34(26,32)33)23-29-15-30-31-23)18-3-1-16(2-4-18)17-7-10-27-11-8-17/h1-6,17,27-28H,7-15H2,(H2,26,32,33). The second kappa shape index (κ2) is 9.26. The summed E-state index contributed by atoms with van der Waals surface area (Å²) in [6.07, 6.45) is 2.43. The number of azo groups is 1. The van der Waals surface area contributed by atoms with E-state index in [0.717, 1.165) is 31.5 Å². The van der Waals surface area contributed by atoms with E-state index in [-0.39, 0.29) is 30.4 Å². The van der Waals surface area contributed by atoms with Gasteiger partial charge < -0.3 is 10.6 Å². The zero-order valence-electron chi connectivity index (χ0n) is 18.9. The topological polar surface area (TPSA) is 121 Å². The number of rotatable bonds is 6. The number of aliphatic imine (C=N–C) groups is 1. The predicted molar refractivity (Wildman–Crippen MR) is 129 cm³/mol. The normalized spacial score (nSPS) is 23.4. The largest absolute Gasteiger partial charge is 0.317 e. The molecule has 2 saturated heterocycles. The average molecular weight is 485 g/mol. The van der Waals surface area contributed by atoms with Gasteiger partial charge >= 0.3 is 0 Å². The lowest BCUT2D eigenvalue weighted by molar-refractivity contribution is 0.189. The summed E-state index contributed by atoms with van der Waals surface area (Å²) in [7, 11) is -4.20. The molecule has 8 nitrogen and oxygen atoms in total. The Hall–Kier alpha value is -2.53. The molecule has 0 bridgehead atoms. The molecule has 3 aliphatic rings. The Labute approximate surface area is 199 Å². The zero-order valence-corrected chi connectivity index (χ0v) is 19.7. The molecule has 3 heterocycles. The van der Waals surface area contributed by atoms with Crippen LogP contribution in [0.15, 0.2) is 56.5 Å². The molecule has 2 fully saturated rings. The van der Waals surface area contributed by atoms with Crippen molar-refractivity contribution >= 4 is 15.9 Å². The molecular formula is C24H29FN6O2S. The first kappa shape index (κ1) is 23.2. The van der Waals surface area contributed by atoms with Crippen LogP contribution < -0.4 is 15.8 Å². The minimum Gasteiger partial charge on any atom is -0.317 e. The summed E-state index contributed by atoms with van der Waals surface area (Å²) in [5.74, 6) is 0.715. The van der Waals surface area contributed by atoms with Crippen LogP contribution in [0.2, 0.25) is 0 Å². The van der Waals surface area contributed by atoms with Crippen LogP contribution in [-0.2, 0) is 16.4 Å². The van der Waals surface area contributed by atoms with E-state index in [1.807, 2.05) is 18.2 Å². The van der Waals surface area contributed by atoms with Crippen LogP contribution in [-0.4, -0.2) is 52.8 Å². The number of nitrogens with two attached hydrogens (primary N) is 1. The maximum absolute atomic E-state index is 15.3. The fourth-order valence-corrected chi connectivity index (χ4v) is 6.20. The van der Waals surface area contributed by atoms with Gasteiger partial charge in [0.15, 0.2) is 12.5 Å². The van der Waals surface area contributed by atoms with Crippen LogP contribution in [0.1, 0.15) is 41.9 Å². The van der Waals surface area contributed by atoms with Crippen molar-refractivity contribution in [1.29, 1.82) is 0 Å². The first-order valence-electron chi connectivity index (χ1n) is 11.7. The third kappa shape index (κ3) is 4.68. The summed E-state index contributed by atoms with van der Waals surface area (Å²) in [6.45, 7) is 2.86. The summed E-state index contributed by atoms with van der Waals surface area (Å²) in [6, 6.07) is 11.7. The summed E-state index contributed by atoms with van der Waals surface area (Å²) in [5.41, 5.74) is 1.83. The lowest BCUT2D eigenvalue weighted by Gasteiger charge is -2.24. The van der Waals surface area contributed by atoms with Crippen molar-refractivity contribution in [3.05, 3.63) is 53.1 Å². The minimum atomic E-state index is -4.20. The van der Waals surface area contributed by atoms with E-state index in [2.05, 4.69) is 38.0 Å². The fourth-order valence-electron chi connectivity index (χ4n) is 5.21. The van der Waals surface area contributed by atoms with Gasteiger partial charge in [0.05, 0.1) is 4.90 Å². The quantitative estimate of drug-likeness (QED) is 0.584. The number of piperidine rings is 1. The third-order valence-electron chi connectivity index (χ3n) is 6.93. The van der Waals surface area contributed by atoms with Crippen molar-refractivity contribution in [2.45, 2.75) is 42.2 Å². The highest BCUT2D eigenvalue weighted by Crippen LogP contribution is 2.37. The van der Waals surface area contributed by atoms with Crippen LogP contribution in [0.5, 0.6) is 0 Å². The van der Waals surface area contributed by atoms with Gasteiger partial charge in [0, 0.05) is 18.5 Å². The molecule has 5 rings (SSSR count). The van der Waals surface area contributed by atoms with Crippen LogP contribution >= 0.6 is 0 Å². The van der Waals surface area contributed by atoms with Gasteiger partial charge in [0.2, 0.25) is 10.0 Å². The molecule has 1 atom stereocenters. The minimum absolute atomic E-state index is 0.0574. The summed E-state index contributed by atoms with van der Waals surface area (Å²) < 4.78 is 41.1. The monoisotopic (exact) mass is 484 g/mol. The maximum atomic E-state index is 15.3. The number of alkyl halides is 1.